The van der Waals surface area contributed by atoms with E-state index in [9.17, 15) is 5.11 Å². The lowest BCUT2D eigenvalue weighted by atomic mass is 10.0. The molecule has 5 nitrogen and oxygen atoms in total. The second-order valence-electron chi connectivity index (χ2n) is 9.43. The van der Waals surface area contributed by atoms with Crippen LogP contribution in [0.3, 0.4) is 0 Å². The summed E-state index contributed by atoms with van der Waals surface area (Å²) in [6, 6.07) is 15.2. The molecular formula is C29H48N4O. The number of benzene rings is 2. The molecule has 0 saturated heterocycles. The van der Waals surface area contributed by atoms with Gasteiger partial charge in [-0.05, 0) is 86.5 Å². The Morgan fingerprint density at radius 2 is 1.41 bits per heavy atom. The van der Waals surface area contributed by atoms with Crippen molar-refractivity contribution < 1.29 is 5.11 Å². The van der Waals surface area contributed by atoms with Crippen LogP contribution in [0.4, 0.5) is 17.1 Å². The van der Waals surface area contributed by atoms with Crippen molar-refractivity contribution in [3.05, 3.63) is 53.6 Å². The first kappa shape index (κ1) is 28.0. The summed E-state index contributed by atoms with van der Waals surface area (Å²) in [7, 11) is 4.38. The fourth-order valence-corrected chi connectivity index (χ4v) is 4.20. The molecule has 2 aromatic rings. The Bertz CT molecular complexity index is 778. The molecule has 0 bridgehead atoms. The maximum Gasteiger partial charge on any atom is 0.0914 e. The summed E-state index contributed by atoms with van der Waals surface area (Å²) in [5.74, 6) is 0. The molecule has 0 aliphatic heterocycles. The van der Waals surface area contributed by atoms with E-state index in [1.165, 1.54) is 16.9 Å². The van der Waals surface area contributed by atoms with Crippen LogP contribution in [0.1, 0.15) is 70.1 Å². The van der Waals surface area contributed by atoms with Crippen molar-refractivity contribution in [2.24, 2.45) is 0 Å². The third-order valence-corrected chi connectivity index (χ3v) is 6.24. The number of hydrogen-bond acceptors (Lipinski definition) is 5. The Kier molecular flexibility index (Phi) is 12.9. The number of nitrogens with zero attached hydrogens (tertiary/aromatic N) is 2. The van der Waals surface area contributed by atoms with Crippen LogP contribution in [0.5, 0.6) is 0 Å². The van der Waals surface area contributed by atoms with Crippen LogP contribution >= 0.6 is 0 Å². The molecule has 2 aromatic carbocycles. The largest absolute Gasteiger partial charge is 0.387 e. The summed E-state index contributed by atoms with van der Waals surface area (Å²) in [4.78, 5) is 4.73. The highest BCUT2D eigenvalue weighted by Crippen LogP contribution is 2.25. The summed E-state index contributed by atoms with van der Waals surface area (Å²) in [5, 5.41) is 17.3. The van der Waals surface area contributed by atoms with Gasteiger partial charge in [0.15, 0.2) is 0 Å². The lowest BCUT2D eigenvalue weighted by Gasteiger charge is -2.24. The SMILES string of the molecule is CCCNc1ccc(C(O)CNCCCCc2cc(N(C)CCC)cc(N(C)CCC)c2)cc1. The molecule has 2 rings (SSSR count). The Morgan fingerprint density at radius 3 is 1.97 bits per heavy atom. The van der Waals surface area contributed by atoms with Gasteiger partial charge in [-0.2, -0.15) is 0 Å². The minimum atomic E-state index is -0.470. The molecule has 0 fully saturated rings. The van der Waals surface area contributed by atoms with Crippen molar-refractivity contribution in [1.82, 2.24) is 5.32 Å². The molecule has 190 valence electrons. The fraction of sp³-hybridized carbons (Fsp3) is 0.586. The molecule has 1 unspecified atom stereocenters. The maximum atomic E-state index is 10.5. The standard InChI is InChI=1S/C29H48N4O/c1-6-16-31-26-14-12-25(13-15-26)29(34)23-30-17-10-9-11-24-20-27(32(4)18-7-2)22-28(21-24)33(5)19-8-3/h12-15,20-22,29-31,34H,6-11,16-19,23H2,1-5H3. The van der Waals surface area contributed by atoms with Crippen molar-refractivity contribution in [2.45, 2.75) is 65.4 Å². The summed E-state index contributed by atoms with van der Waals surface area (Å²) in [6.45, 7) is 11.2. The van der Waals surface area contributed by atoms with Crippen LogP contribution in [-0.4, -0.2) is 51.9 Å². The molecular weight excluding hydrogens is 420 g/mol. The van der Waals surface area contributed by atoms with Crippen LogP contribution in [0.2, 0.25) is 0 Å². The summed E-state index contributed by atoms with van der Waals surface area (Å²) in [6.07, 6.45) is 6.25. The van der Waals surface area contributed by atoms with Gasteiger partial charge in [0, 0.05) is 57.3 Å². The lowest BCUT2D eigenvalue weighted by molar-refractivity contribution is 0.175. The highest BCUT2D eigenvalue weighted by molar-refractivity contribution is 5.61. The predicted molar refractivity (Wildman–Crippen MR) is 150 cm³/mol. The number of nitrogens with one attached hydrogen (secondary N) is 2. The zero-order chi connectivity index (χ0) is 24.8. The van der Waals surface area contributed by atoms with Crippen LogP contribution in [0, 0.1) is 0 Å². The van der Waals surface area contributed by atoms with E-state index in [1.807, 2.05) is 24.3 Å². The molecule has 0 aliphatic rings. The van der Waals surface area contributed by atoms with Gasteiger partial charge < -0.3 is 25.5 Å². The van der Waals surface area contributed by atoms with Gasteiger partial charge in [0.1, 0.15) is 0 Å². The van der Waals surface area contributed by atoms with Crippen molar-refractivity contribution >= 4 is 17.1 Å². The minimum Gasteiger partial charge on any atom is -0.387 e. The molecule has 5 heteroatoms. The van der Waals surface area contributed by atoms with Crippen molar-refractivity contribution in [1.29, 1.82) is 0 Å². The summed E-state index contributed by atoms with van der Waals surface area (Å²) >= 11 is 0. The lowest BCUT2D eigenvalue weighted by Crippen LogP contribution is -2.22. The second-order valence-corrected chi connectivity index (χ2v) is 9.43. The van der Waals surface area contributed by atoms with Gasteiger partial charge in [0.2, 0.25) is 0 Å². The van der Waals surface area contributed by atoms with Gasteiger partial charge >= 0.3 is 0 Å². The highest BCUT2D eigenvalue weighted by atomic mass is 16.3. The van der Waals surface area contributed by atoms with E-state index in [1.54, 1.807) is 0 Å². The average molecular weight is 469 g/mol. The van der Waals surface area contributed by atoms with Gasteiger partial charge in [0.25, 0.3) is 0 Å². The maximum absolute atomic E-state index is 10.5. The van der Waals surface area contributed by atoms with E-state index >= 15 is 0 Å². The molecule has 0 aliphatic carbocycles. The van der Waals surface area contributed by atoms with E-state index in [4.69, 9.17) is 0 Å². The zero-order valence-electron chi connectivity index (χ0n) is 22.2. The Morgan fingerprint density at radius 1 is 0.794 bits per heavy atom. The minimum absolute atomic E-state index is 0.470. The zero-order valence-corrected chi connectivity index (χ0v) is 22.2. The van der Waals surface area contributed by atoms with E-state index < -0.39 is 6.10 Å². The number of unbranched alkanes of at least 4 members (excludes halogenated alkanes) is 1. The molecule has 0 saturated carbocycles. The first-order chi connectivity index (χ1) is 16.5. The monoisotopic (exact) mass is 468 g/mol. The van der Waals surface area contributed by atoms with Crippen LogP contribution < -0.4 is 20.4 Å². The first-order valence-corrected chi connectivity index (χ1v) is 13.3. The van der Waals surface area contributed by atoms with Crippen LogP contribution in [0.25, 0.3) is 0 Å². The van der Waals surface area contributed by atoms with Crippen molar-refractivity contribution in [2.75, 3.05) is 61.9 Å². The molecule has 0 heterocycles. The van der Waals surface area contributed by atoms with Crippen LogP contribution in [-0.2, 0) is 6.42 Å². The van der Waals surface area contributed by atoms with E-state index in [0.717, 1.165) is 76.0 Å². The predicted octanol–water partition coefficient (Wildman–Crippen LogP) is 5.85. The van der Waals surface area contributed by atoms with Gasteiger partial charge in [0.05, 0.1) is 6.10 Å². The molecule has 0 radical (unpaired) electrons. The first-order valence-electron chi connectivity index (χ1n) is 13.3. The highest BCUT2D eigenvalue weighted by Gasteiger charge is 2.09. The number of anilines is 3. The normalized spacial score (nSPS) is 11.9. The third-order valence-electron chi connectivity index (χ3n) is 6.24. The number of hydrogen-bond donors (Lipinski definition) is 3. The molecule has 1 atom stereocenters. The molecule has 0 aromatic heterocycles. The van der Waals surface area contributed by atoms with Gasteiger partial charge in [-0.1, -0.05) is 32.9 Å². The Hall–Kier alpha value is -2.24. The van der Waals surface area contributed by atoms with Crippen molar-refractivity contribution in [3.63, 3.8) is 0 Å². The van der Waals surface area contributed by atoms with Crippen LogP contribution in [0.15, 0.2) is 42.5 Å². The Balaban J connectivity index is 1.79. The number of aliphatic hydroxyl groups excluding tert-OH is 1. The summed E-state index contributed by atoms with van der Waals surface area (Å²) in [5.41, 5.74) is 6.12. The number of aliphatic hydroxyl groups is 1. The topological polar surface area (TPSA) is 50.8 Å². The number of rotatable bonds is 17. The average Bonchev–Trinajstić information content (AvgIpc) is 2.85. The quantitative estimate of drug-likeness (QED) is 0.254. The summed E-state index contributed by atoms with van der Waals surface area (Å²) < 4.78 is 0. The van der Waals surface area contributed by atoms with Gasteiger partial charge in [-0.3, -0.25) is 0 Å². The Labute approximate surface area is 208 Å². The molecule has 34 heavy (non-hydrogen) atoms. The molecule has 3 N–H and O–H groups in total. The van der Waals surface area contributed by atoms with Gasteiger partial charge in [-0.15, -0.1) is 0 Å². The van der Waals surface area contributed by atoms with E-state index in [0.29, 0.717) is 6.54 Å². The fourth-order valence-electron chi connectivity index (χ4n) is 4.20. The second kappa shape index (κ2) is 15.6. The van der Waals surface area contributed by atoms with Gasteiger partial charge in [-0.25, -0.2) is 0 Å². The van der Waals surface area contributed by atoms with E-state index in [2.05, 4.69) is 73.5 Å². The molecule has 0 spiro atoms. The number of aryl methyl sites for hydroxylation is 1. The molecule has 0 amide bonds. The third kappa shape index (κ3) is 9.55. The smallest absolute Gasteiger partial charge is 0.0914 e. The van der Waals surface area contributed by atoms with Crippen molar-refractivity contribution in [3.8, 4) is 0 Å². The van der Waals surface area contributed by atoms with E-state index in [-0.39, 0.29) is 0 Å².